The molecule has 0 spiro atoms. The van der Waals surface area contributed by atoms with Crippen LogP contribution in [0.5, 0.6) is 0 Å². The number of nitrogens with one attached hydrogen (secondary N) is 1. The summed E-state index contributed by atoms with van der Waals surface area (Å²) in [5.74, 6) is 0. The number of phosphoric acid groups is 1. The van der Waals surface area contributed by atoms with Crippen LogP contribution in [0.15, 0.2) is 17.1 Å². The van der Waals surface area contributed by atoms with Crippen molar-refractivity contribution in [3.05, 3.63) is 27.4 Å². The van der Waals surface area contributed by atoms with E-state index in [0.29, 0.717) is 13.0 Å². The maximum absolute atomic E-state index is 11.9. The molecule has 27 heavy (non-hydrogen) atoms. The average molecular weight is 426 g/mol. The molecule has 0 amide bonds. The zero-order valence-corrected chi connectivity index (χ0v) is 16.5. The van der Waals surface area contributed by atoms with Gasteiger partial charge < -0.3 is 24.6 Å². The van der Waals surface area contributed by atoms with Crippen molar-refractivity contribution in [2.45, 2.75) is 37.4 Å². The third-order valence-corrected chi connectivity index (χ3v) is 5.30. The molecule has 0 aromatic carbocycles. The van der Waals surface area contributed by atoms with Gasteiger partial charge in [-0.05, 0) is 25.6 Å². The Labute approximate surface area is 160 Å². The smallest absolute Gasteiger partial charge is 0.387 e. The van der Waals surface area contributed by atoms with Crippen molar-refractivity contribution in [1.82, 2.24) is 9.55 Å². The van der Waals surface area contributed by atoms with Crippen molar-refractivity contribution in [2.75, 3.05) is 26.9 Å². The van der Waals surface area contributed by atoms with Gasteiger partial charge in [0.2, 0.25) is 0 Å². The number of nitrogens with zero attached hydrogens (tertiary/aromatic N) is 1. The van der Waals surface area contributed by atoms with E-state index >= 15 is 0 Å². The molecule has 2 rings (SSSR count). The van der Waals surface area contributed by atoms with E-state index in [0.717, 1.165) is 0 Å². The number of aliphatic hydroxyl groups is 2. The molecule has 0 radical (unpaired) electrons. The molecule has 2 unspecified atom stereocenters. The molecular weight excluding hydrogens is 403 g/mol. The van der Waals surface area contributed by atoms with E-state index in [4.69, 9.17) is 30.7 Å². The lowest BCUT2D eigenvalue weighted by atomic mass is 9.96. The van der Waals surface area contributed by atoms with Crippen LogP contribution in [0.1, 0.15) is 19.6 Å². The van der Waals surface area contributed by atoms with Gasteiger partial charge in [-0.3, -0.25) is 23.4 Å². The fourth-order valence-electron chi connectivity index (χ4n) is 2.58. The van der Waals surface area contributed by atoms with E-state index in [1.165, 1.54) is 30.9 Å². The summed E-state index contributed by atoms with van der Waals surface area (Å²) < 4.78 is 33.1. The number of phosphoric ester groups is 1. The molecular formula is C14H23N2O9PS. The molecule has 1 aromatic heterocycles. The topological polar surface area (TPSA) is 152 Å². The van der Waals surface area contributed by atoms with Crippen molar-refractivity contribution in [3.8, 4) is 0 Å². The van der Waals surface area contributed by atoms with Crippen LogP contribution in [-0.2, 0) is 23.1 Å². The van der Waals surface area contributed by atoms with Crippen LogP contribution in [0.3, 0.4) is 0 Å². The van der Waals surface area contributed by atoms with Crippen molar-refractivity contribution in [3.63, 3.8) is 0 Å². The third kappa shape index (κ3) is 5.53. The van der Waals surface area contributed by atoms with Gasteiger partial charge in [-0.2, -0.15) is 0 Å². The molecule has 0 saturated carbocycles. The Morgan fingerprint density at radius 1 is 1.44 bits per heavy atom. The molecule has 4 N–H and O–H groups in total. The minimum absolute atomic E-state index is 0.0177. The molecule has 154 valence electrons. The first-order valence-electron chi connectivity index (χ1n) is 8.06. The summed E-state index contributed by atoms with van der Waals surface area (Å²) >= 11 is 5.04. The van der Waals surface area contributed by atoms with Crippen LogP contribution < -0.4 is 5.56 Å². The van der Waals surface area contributed by atoms with E-state index in [9.17, 15) is 24.5 Å². The SMILES string of the molecule is COCCCOP(=O)(O)OC[C@H]1O[C@@H](n2ccc(=O)[nH]c2=S)C(C)(O)[C@H]1O. The fraction of sp³-hybridized carbons (Fsp3) is 0.714. The van der Waals surface area contributed by atoms with Gasteiger partial charge in [-0.15, -0.1) is 0 Å². The molecule has 11 nitrogen and oxygen atoms in total. The van der Waals surface area contributed by atoms with Gasteiger partial charge in [-0.1, -0.05) is 0 Å². The molecule has 1 aliphatic heterocycles. The fourth-order valence-corrected chi connectivity index (χ4v) is 3.60. The van der Waals surface area contributed by atoms with Crippen molar-refractivity contribution < 1.29 is 38.2 Å². The molecule has 1 aromatic rings. The largest absolute Gasteiger partial charge is 0.472 e. The first-order chi connectivity index (χ1) is 12.6. The summed E-state index contributed by atoms with van der Waals surface area (Å²) in [7, 11) is -2.87. The highest BCUT2D eigenvalue weighted by molar-refractivity contribution is 7.71. The quantitative estimate of drug-likeness (QED) is 0.243. The second-order valence-electron chi connectivity index (χ2n) is 6.16. The zero-order chi connectivity index (χ0) is 20.2. The van der Waals surface area contributed by atoms with Crippen LogP contribution in [-0.4, -0.2) is 69.4 Å². The summed E-state index contributed by atoms with van der Waals surface area (Å²) in [6.07, 6.45) is -2.03. The highest BCUT2D eigenvalue weighted by Gasteiger charge is 2.53. The van der Waals surface area contributed by atoms with Crippen LogP contribution in [0.25, 0.3) is 0 Å². The number of hydrogen-bond donors (Lipinski definition) is 4. The lowest BCUT2D eigenvalue weighted by Gasteiger charge is -2.27. The number of ether oxygens (including phenoxy) is 2. The predicted molar refractivity (Wildman–Crippen MR) is 94.6 cm³/mol. The van der Waals surface area contributed by atoms with Crippen LogP contribution in [0, 0.1) is 4.77 Å². The van der Waals surface area contributed by atoms with E-state index < -0.39 is 44.0 Å². The monoisotopic (exact) mass is 426 g/mol. The van der Waals surface area contributed by atoms with Crippen LogP contribution >= 0.6 is 20.0 Å². The molecule has 1 fully saturated rings. The molecule has 1 aliphatic rings. The first kappa shape index (κ1) is 22.3. The van der Waals surface area contributed by atoms with Crippen LogP contribution in [0.4, 0.5) is 0 Å². The van der Waals surface area contributed by atoms with Crippen molar-refractivity contribution >= 4 is 20.0 Å². The predicted octanol–water partition coefficient (Wildman–Crippen LogP) is 0.0853. The van der Waals surface area contributed by atoms with Crippen molar-refractivity contribution in [2.24, 2.45) is 0 Å². The number of aromatic amines is 1. The molecule has 0 bridgehead atoms. The minimum atomic E-state index is -4.36. The summed E-state index contributed by atoms with van der Waals surface area (Å²) in [5.41, 5.74) is -2.23. The molecule has 5 atom stereocenters. The number of hydrogen-bond acceptors (Lipinski definition) is 9. The Morgan fingerprint density at radius 3 is 2.78 bits per heavy atom. The highest BCUT2D eigenvalue weighted by atomic mass is 32.1. The Kier molecular flexibility index (Phi) is 7.47. The molecule has 2 heterocycles. The van der Waals surface area contributed by atoms with Crippen molar-refractivity contribution in [1.29, 1.82) is 0 Å². The van der Waals surface area contributed by atoms with Gasteiger partial charge in [0.1, 0.15) is 17.8 Å². The number of methoxy groups -OCH3 is 1. The maximum atomic E-state index is 11.9. The van der Waals surface area contributed by atoms with Crippen LogP contribution in [0.2, 0.25) is 0 Å². The zero-order valence-electron chi connectivity index (χ0n) is 14.8. The second-order valence-corrected chi connectivity index (χ2v) is 8.00. The lowest BCUT2D eigenvalue weighted by Crippen LogP contribution is -2.44. The standard InChI is InChI=1S/C14H23N2O9PS/c1-14(19)11(18)9(8-24-26(20,21)23-7-3-6-22-2)25-12(14)16-5-4-10(17)15-13(16)27/h4-5,9,11-12,18-19H,3,6-8H2,1-2H3,(H,20,21)(H,15,17,27)/t9-,11+,12-,14?/m1/s1. The minimum Gasteiger partial charge on any atom is -0.387 e. The summed E-state index contributed by atoms with van der Waals surface area (Å²) in [6.45, 7) is 1.11. The van der Waals surface area contributed by atoms with E-state index in [1.807, 2.05) is 0 Å². The summed E-state index contributed by atoms with van der Waals surface area (Å²) in [5, 5.41) is 20.9. The number of aromatic nitrogens is 2. The van der Waals surface area contributed by atoms with Gasteiger partial charge >= 0.3 is 7.82 Å². The lowest BCUT2D eigenvalue weighted by molar-refractivity contribution is -0.0978. The summed E-state index contributed by atoms with van der Waals surface area (Å²) in [4.78, 5) is 23.3. The third-order valence-electron chi connectivity index (χ3n) is 4.01. The summed E-state index contributed by atoms with van der Waals surface area (Å²) in [6, 6.07) is 1.18. The number of rotatable bonds is 9. The Hall–Kier alpha value is -0.950. The van der Waals surface area contributed by atoms with Gasteiger partial charge in [0.25, 0.3) is 5.56 Å². The Bertz CT molecular complexity index is 795. The van der Waals surface area contributed by atoms with E-state index in [-0.39, 0.29) is 11.4 Å². The highest BCUT2D eigenvalue weighted by Crippen LogP contribution is 2.45. The number of H-pyrrole nitrogens is 1. The van der Waals surface area contributed by atoms with Gasteiger partial charge in [0.15, 0.2) is 11.0 Å². The van der Waals surface area contributed by atoms with Gasteiger partial charge in [0.05, 0.1) is 13.2 Å². The Balaban J connectivity index is 2.04. The normalized spacial score (nSPS) is 30.3. The van der Waals surface area contributed by atoms with Gasteiger partial charge in [-0.25, -0.2) is 4.57 Å². The average Bonchev–Trinajstić information content (AvgIpc) is 2.80. The molecule has 1 saturated heterocycles. The second kappa shape index (κ2) is 9.03. The molecule has 13 heteroatoms. The Morgan fingerprint density at radius 2 is 2.15 bits per heavy atom. The molecule has 0 aliphatic carbocycles. The van der Waals surface area contributed by atoms with E-state index in [1.54, 1.807) is 0 Å². The number of aliphatic hydroxyl groups excluding tert-OH is 1. The van der Waals surface area contributed by atoms with Gasteiger partial charge in [0, 0.05) is 26.0 Å². The first-order valence-corrected chi connectivity index (χ1v) is 9.97. The van der Waals surface area contributed by atoms with E-state index in [2.05, 4.69) is 4.98 Å². The maximum Gasteiger partial charge on any atom is 0.472 e.